The number of alkyl halides is 3. The average Bonchev–Trinajstić information content (AvgIpc) is 3.40. The van der Waals surface area contributed by atoms with Gasteiger partial charge in [-0.15, -0.1) is 0 Å². The van der Waals surface area contributed by atoms with Crippen LogP contribution in [0.5, 0.6) is 0 Å². The molecule has 9 heteroatoms. The number of carbonyl (C=O) groups excluding carboxylic acids is 1. The molecule has 1 aliphatic heterocycles. The summed E-state index contributed by atoms with van der Waals surface area (Å²) in [5.41, 5.74) is 0.738. The van der Waals surface area contributed by atoms with Gasteiger partial charge in [0.1, 0.15) is 0 Å². The molecule has 3 aromatic rings. The van der Waals surface area contributed by atoms with Crippen molar-refractivity contribution >= 4 is 28.9 Å². The zero-order chi connectivity index (χ0) is 22.2. The second-order valence-electron chi connectivity index (χ2n) is 7.44. The highest BCUT2D eigenvalue weighted by Crippen LogP contribution is 2.34. The summed E-state index contributed by atoms with van der Waals surface area (Å²) in [4.78, 5) is 15.0. The van der Waals surface area contributed by atoms with E-state index in [1.54, 1.807) is 6.07 Å². The van der Waals surface area contributed by atoms with Crippen molar-refractivity contribution in [3.05, 3.63) is 70.5 Å². The Kier molecular flexibility index (Phi) is 5.66. The summed E-state index contributed by atoms with van der Waals surface area (Å²) in [6, 6.07) is 11.3. The third-order valence-corrected chi connectivity index (χ3v) is 5.53. The molecule has 0 aliphatic carbocycles. The van der Waals surface area contributed by atoms with Gasteiger partial charge >= 0.3 is 6.18 Å². The number of aryl methyl sites for hydroxylation is 1. The van der Waals surface area contributed by atoms with Crippen molar-refractivity contribution in [1.82, 2.24) is 9.78 Å². The number of anilines is 2. The van der Waals surface area contributed by atoms with Crippen LogP contribution in [0.1, 0.15) is 34.5 Å². The third-order valence-electron chi connectivity index (χ3n) is 5.28. The molecule has 1 aromatic heterocycles. The first kappa shape index (κ1) is 21.2. The molecule has 0 saturated carbocycles. The Morgan fingerprint density at radius 1 is 1.06 bits per heavy atom. The first-order valence-electron chi connectivity index (χ1n) is 9.82. The van der Waals surface area contributed by atoms with E-state index < -0.39 is 23.3 Å². The predicted molar refractivity (Wildman–Crippen MR) is 114 cm³/mol. The summed E-state index contributed by atoms with van der Waals surface area (Å²) >= 11 is 5.82. The molecule has 2 aromatic carbocycles. The standard InChI is InChI=1S/C22H20ClF3N4O/c1-14-12-17(29-10-2-3-11-29)8-9-19(14)28-21(31)18-13-27-30(20(18)22(24,25)26)16-6-4-15(23)5-7-16/h4-9,12-13H,2-3,10-11H2,1H3,(H,28,31). The van der Waals surface area contributed by atoms with E-state index in [9.17, 15) is 18.0 Å². The van der Waals surface area contributed by atoms with Crippen LogP contribution < -0.4 is 10.2 Å². The minimum atomic E-state index is -4.78. The van der Waals surface area contributed by atoms with Crippen molar-refractivity contribution in [3.63, 3.8) is 0 Å². The molecule has 4 rings (SSSR count). The summed E-state index contributed by atoms with van der Waals surface area (Å²) < 4.78 is 42.2. The lowest BCUT2D eigenvalue weighted by Gasteiger charge is -2.19. The van der Waals surface area contributed by atoms with Crippen LogP contribution in [0.15, 0.2) is 48.7 Å². The summed E-state index contributed by atoms with van der Waals surface area (Å²) in [6.45, 7) is 3.77. The molecule has 0 atom stereocenters. The zero-order valence-electron chi connectivity index (χ0n) is 16.7. The van der Waals surface area contributed by atoms with E-state index >= 15 is 0 Å². The predicted octanol–water partition coefficient (Wildman–Crippen LogP) is 5.71. The first-order valence-corrected chi connectivity index (χ1v) is 10.2. The molecule has 0 unspecified atom stereocenters. The number of aromatic nitrogens is 2. The van der Waals surface area contributed by atoms with Gasteiger partial charge in [0.05, 0.1) is 17.4 Å². The van der Waals surface area contributed by atoms with E-state index in [0.29, 0.717) is 15.4 Å². The molecule has 0 spiro atoms. The number of rotatable bonds is 4. The van der Waals surface area contributed by atoms with E-state index in [4.69, 9.17) is 11.6 Å². The Balaban J connectivity index is 1.63. The molecule has 162 valence electrons. The fourth-order valence-corrected chi connectivity index (χ4v) is 3.84. The maximum atomic E-state index is 13.8. The molecule has 0 bridgehead atoms. The van der Waals surface area contributed by atoms with Gasteiger partial charge in [0, 0.05) is 29.5 Å². The lowest BCUT2D eigenvalue weighted by atomic mass is 10.1. The Bertz CT molecular complexity index is 1100. The highest BCUT2D eigenvalue weighted by molar-refractivity contribution is 6.30. The minimum absolute atomic E-state index is 0.155. The number of hydrogen-bond acceptors (Lipinski definition) is 3. The molecule has 31 heavy (non-hydrogen) atoms. The van der Waals surface area contributed by atoms with Crippen LogP contribution in [0.25, 0.3) is 5.69 Å². The smallest absolute Gasteiger partial charge is 0.372 e. The number of nitrogens with zero attached hydrogens (tertiary/aromatic N) is 3. The minimum Gasteiger partial charge on any atom is -0.372 e. The second-order valence-corrected chi connectivity index (χ2v) is 7.88. The Morgan fingerprint density at radius 2 is 1.71 bits per heavy atom. The molecule has 5 nitrogen and oxygen atoms in total. The molecular formula is C22H20ClF3N4O. The molecule has 1 N–H and O–H groups in total. The monoisotopic (exact) mass is 448 g/mol. The van der Waals surface area contributed by atoms with Gasteiger partial charge in [0.2, 0.25) is 0 Å². The summed E-state index contributed by atoms with van der Waals surface area (Å²) in [7, 11) is 0. The Morgan fingerprint density at radius 3 is 2.32 bits per heavy atom. The first-order chi connectivity index (χ1) is 14.7. The van der Waals surface area contributed by atoms with Crippen LogP contribution in [0, 0.1) is 6.92 Å². The number of carbonyl (C=O) groups is 1. The third kappa shape index (κ3) is 4.39. The number of nitrogens with one attached hydrogen (secondary N) is 1. The van der Waals surface area contributed by atoms with E-state index in [2.05, 4.69) is 15.3 Å². The van der Waals surface area contributed by atoms with Gasteiger partial charge in [0.15, 0.2) is 5.69 Å². The van der Waals surface area contributed by atoms with Gasteiger partial charge in [-0.2, -0.15) is 18.3 Å². The molecule has 0 radical (unpaired) electrons. The number of benzene rings is 2. The van der Waals surface area contributed by atoms with Crippen molar-refractivity contribution in [2.24, 2.45) is 0 Å². The highest BCUT2D eigenvalue weighted by Gasteiger charge is 2.40. The lowest BCUT2D eigenvalue weighted by Crippen LogP contribution is -2.21. The zero-order valence-corrected chi connectivity index (χ0v) is 17.5. The van der Waals surface area contributed by atoms with Gasteiger partial charge in [-0.05, 0) is 67.8 Å². The van der Waals surface area contributed by atoms with Crippen LogP contribution in [-0.4, -0.2) is 28.8 Å². The number of amides is 1. The van der Waals surface area contributed by atoms with Gasteiger partial charge in [-0.3, -0.25) is 4.79 Å². The van der Waals surface area contributed by atoms with Crippen molar-refractivity contribution in [1.29, 1.82) is 0 Å². The SMILES string of the molecule is Cc1cc(N2CCCC2)ccc1NC(=O)c1cnn(-c2ccc(Cl)cc2)c1C(F)(F)F. The van der Waals surface area contributed by atoms with Gasteiger partial charge in [0.25, 0.3) is 5.91 Å². The average molecular weight is 449 g/mol. The number of hydrogen-bond donors (Lipinski definition) is 1. The van der Waals surface area contributed by atoms with E-state index in [1.807, 2.05) is 19.1 Å². The highest BCUT2D eigenvalue weighted by atomic mass is 35.5. The van der Waals surface area contributed by atoms with Gasteiger partial charge in [-0.1, -0.05) is 11.6 Å². The fraction of sp³-hybridized carbons (Fsp3) is 0.273. The molecule has 1 saturated heterocycles. The van der Waals surface area contributed by atoms with Crippen LogP contribution in [-0.2, 0) is 6.18 Å². The van der Waals surface area contributed by atoms with Crippen molar-refractivity contribution in [2.75, 3.05) is 23.3 Å². The Labute approximate surface area is 182 Å². The largest absolute Gasteiger partial charge is 0.434 e. The van der Waals surface area contributed by atoms with Crippen LogP contribution in [0.2, 0.25) is 5.02 Å². The maximum absolute atomic E-state index is 13.8. The van der Waals surface area contributed by atoms with E-state index in [0.717, 1.165) is 43.4 Å². The Hall–Kier alpha value is -3.00. The summed E-state index contributed by atoms with van der Waals surface area (Å²) in [5, 5.41) is 6.80. The lowest BCUT2D eigenvalue weighted by molar-refractivity contribution is -0.143. The van der Waals surface area contributed by atoms with Crippen LogP contribution in [0.3, 0.4) is 0 Å². The van der Waals surface area contributed by atoms with Crippen molar-refractivity contribution < 1.29 is 18.0 Å². The van der Waals surface area contributed by atoms with Crippen molar-refractivity contribution in [2.45, 2.75) is 25.9 Å². The van der Waals surface area contributed by atoms with Crippen LogP contribution >= 0.6 is 11.6 Å². The van der Waals surface area contributed by atoms with E-state index in [-0.39, 0.29) is 5.69 Å². The maximum Gasteiger partial charge on any atom is 0.434 e. The van der Waals surface area contributed by atoms with Crippen LogP contribution in [0.4, 0.5) is 24.5 Å². The van der Waals surface area contributed by atoms with Gasteiger partial charge in [-0.25, -0.2) is 4.68 Å². The molecule has 1 aliphatic rings. The fourth-order valence-electron chi connectivity index (χ4n) is 3.72. The summed E-state index contributed by atoms with van der Waals surface area (Å²) in [6.07, 6.45) is -1.58. The normalized spacial score (nSPS) is 14.2. The second kappa shape index (κ2) is 8.26. The quantitative estimate of drug-likeness (QED) is 0.556. The number of halogens is 4. The summed E-state index contributed by atoms with van der Waals surface area (Å²) in [5.74, 6) is -0.871. The van der Waals surface area contributed by atoms with Crippen molar-refractivity contribution in [3.8, 4) is 5.69 Å². The van der Waals surface area contributed by atoms with Gasteiger partial charge < -0.3 is 10.2 Å². The molecule has 1 amide bonds. The molecular weight excluding hydrogens is 429 g/mol. The topological polar surface area (TPSA) is 50.2 Å². The molecule has 1 fully saturated rings. The van der Waals surface area contributed by atoms with E-state index in [1.165, 1.54) is 24.3 Å². The molecule has 2 heterocycles.